The van der Waals surface area contributed by atoms with E-state index in [1.165, 1.54) is 0 Å². The highest BCUT2D eigenvalue weighted by Crippen LogP contribution is 2.21. The smallest absolute Gasteiger partial charge is 0.305 e. The number of aliphatic hydroxyl groups is 1. The van der Waals surface area contributed by atoms with Crippen LogP contribution in [0.3, 0.4) is 0 Å². The molecule has 0 saturated carbocycles. The number of carbonyl (C=O) groups is 2. The van der Waals surface area contributed by atoms with Crippen LogP contribution in [0.2, 0.25) is 0 Å². The second kappa shape index (κ2) is 14.0. The number of likely N-dealkylation sites (tertiary alicyclic amines) is 1. The number of nitrogens with zero attached hydrogens (tertiary/aromatic N) is 1. The molecule has 31 heavy (non-hydrogen) atoms. The summed E-state index contributed by atoms with van der Waals surface area (Å²) in [4.78, 5) is 25.5. The largest absolute Gasteiger partial charge is 0.466 e. The summed E-state index contributed by atoms with van der Waals surface area (Å²) in [5.41, 5.74) is 2.15. The molecule has 1 saturated heterocycles. The molecule has 1 fully saturated rings. The van der Waals surface area contributed by atoms with Crippen LogP contribution in [-0.4, -0.2) is 54.3 Å². The van der Waals surface area contributed by atoms with Gasteiger partial charge in [-0.05, 0) is 37.3 Å². The molecule has 0 radical (unpaired) electrons. The number of benzene rings is 1. The number of carbonyl (C=O) groups excluding carboxylic acids is 2. The van der Waals surface area contributed by atoms with Gasteiger partial charge in [0.15, 0.2) is 0 Å². The summed E-state index contributed by atoms with van der Waals surface area (Å²) in [6.07, 6.45) is 9.28. The summed E-state index contributed by atoms with van der Waals surface area (Å²) in [5, 5.41) is 10.4. The van der Waals surface area contributed by atoms with Gasteiger partial charge in [-0.2, -0.15) is 0 Å². The van der Waals surface area contributed by atoms with Gasteiger partial charge in [-0.25, -0.2) is 0 Å². The highest BCUT2D eigenvalue weighted by Gasteiger charge is 2.28. The maximum absolute atomic E-state index is 12.3. The Labute approximate surface area is 186 Å². The summed E-state index contributed by atoms with van der Waals surface area (Å²) < 4.78 is 10.1. The van der Waals surface area contributed by atoms with Gasteiger partial charge in [0.05, 0.1) is 25.4 Å². The fourth-order valence-electron chi connectivity index (χ4n) is 3.96. The Morgan fingerprint density at radius 1 is 1.26 bits per heavy atom. The van der Waals surface area contributed by atoms with Crippen molar-refractivity contribution in [3.63, 3.8) is 0 Å². The maximum atomic E-state index is 12.3. The van der Waals surface area contributed by atoms with Crippen LogP contribution in [0.5, 0.6) is 0 Å². The molecular weight excluding hydrogens is 394 g/mol. The number of aliphatic hydroxyl groups excluding tert-OH is 1. The van der Waals surface area contributed by atoms with E-state index in [0.717, 1.165) is 49.8 Å². The van der Waals surface area contributed by atoms with Gasteiger partial charge in [-0.1, -0.05) is 49.3 Å². The van der Waals surface area contributed by atoms with E-state index in [0.29, 0.717) is 32.5 Å². The van der Waals surface area contributed by atoms with Crippen molar-refractivity contribution in [3.8, 4) is 0 Å². The number of rotatable bonds is 14. The maximum Gasteiger partial charge on any atom is 0.305 e. The average molecular weight is 432 g/mol. The van der Waals surface area contributed by atoms with E-state index in [-0.39, 0.29) is 17.9 Å². The van der Waals surface area contributed by atoms with Gasteiger partial charge in [0.1, 0.15) is 0 Å². The first-order chi connectivity index (χ1) is 15.0. The number of unbranched alkanes of at least 4 members (excludes halogenated alkanes) is 3. The minimum absolute atomic E-state index is 0.0570. The van der Waals surface area contributed by atoms with Crippen molar-refractivity contribution < 1.29 is 24.2 Å². The minimum Gasteiger partial charge on any atom is -0.466 e. The number of hydrogen-bond acceptors (Lipinski definition) is 5. The first-order valence-electron chi connectivity index (χ1n) is 11.4. The van der Waals surface area contributed by atoms with E-state index in [2.05, 4.69) is 0 Å². The summed E-state index contributed by atoms with van der Waals surface area (Å²) in [5.74, 6) is 0.0503. The van der Waals surface area contributed by atoms with E-state index in [1.807, 2.05) is 48.2 Å². The Hall–Kier alpha value is -2.18. The van der Waals surface area contributed by atoms with E-state index in [9.17, 15) is 14.7 Å². The molecule has 6 nitrogen and oxygen atoms in total. The van der Waals surface area contributed by atoms with E-state index in [4.69, 9.17) is 9.47 Å². The Balaban J connectivity index is 1.74. The fraction of sp³-hybridized carbons (Fsp3) is 0.600. The molecule has 1 amide bonds. The zero-order chi connectivity index (χ0) is 22.5. The molecular formula is C25H37NO5. The van der Waals surface area contributed by atoms with Crippen LogP contribution >= 0.6 is 0 Å². The zero-order valence-electron chi connectivity index (χ0n) is 18.9. The van der Waals surface area contributed by atoms with Crippen LogP contribution in [0.25, 0.3) is 0 Å². The molecule has 6 heteroatoms. The van der Waals surface area contributed by atoms with Gasteiger partial charge >= 0.3 is 5.97 Å². The van der Waals surface area contributed by atoms with Crippen LogP contribution in [0.15, 0.2) is 36.4 Å². The Morgan fingerprint density at radius 3 is 2.81 bits per heavy atom. The van der Waals surface area contributed by atoms with Crippen LogP contribution in [0, 0.1) is 0 Å². The summed E-state index contributed by atoms with van der Waals surface area (Å²) in [6, 6.07) is 8.09. The molecule has 1 N–H and O–H groups in total. The average Bonchev–Trinajstić information content (AvgIpc) is 3.09. The van der Waals surface area contributed by atoms with E-state index >= 15 is 0 Å². The molecule has 1 aromatic rings. The third kappa shape index (κ3) is 9.23. The highest BCUT2D eigenvalue weighted by atomic mass is 16.5. The highest BCUT2D eigenvalue weighted by molar-refractivity contribution is 5.79. The van der Waals surface area contributed by atoms with Crippen LogP contribution in [-0.2, 0) is 32.1 Å². The zero-order valence-corrected chi connectivity index (χ0v) is 18.9. The SMILES string of the molecule is CCOC(=O)CCCCCCN1C(=O)CCC1/C=C/[C@@H](O)Cc1cccc(COC)c1. The van der Waals surface area contributed by atoms with Crippen molar-refractivity contribution in [2.24, 2.45) is 0 Å². The molecule has 0 bridgehead atoms. The molecule has 1 heterocycles. The fourth-order valence-corrected chi connectivity index (χ4v) is 3.96. The standard InChI is InChI=1S/C25H37NO5/c1-3-31-25(29)11-6-4-5-7-16-26-22(13-15-24(26)28)12-14-23(27)18-20-9-8-10-21(17-20)19-30-2/h8-10,12,14,17,22-23,27H,3-7,11,13,15-16,18-19H2,1-2H3/b14-12+/t22?,23-/m1/s1. The molecule has 2 atom stereocenters. The lowest BCUT2D eigenvalue weighted by atomic mass is 10.0. The Kier molecular flexibility index (Phi) is 11.3. The van der Waals surface area contributed by atoms with Crippen LogP contribution < -0.4 is 0 Å². The summed E-state index contributed by atoms with van der Waals surface area (Å²) >= 11 is 0. The normalized spacial score (nSPS) is 17.5. The molecule has 1 aliphatic heterocycles. The number of ether oxygens (including phenoxy) is 2. The van der Waals surface area contributed by atoms with Crippen LogP contribution in [0.1, 0.15) is 63.0 Å². The van der Waals surface area contributed by atoms with Crippen molar-refractivity contribution in [1.82, 2.24) is 4.90 Å². The van der Waals surface area contributed by atoms with E-state index in [1.54, 1.807) is 7.11 Å². The topological polar surface area (TPSA) is 76.1 Å². The minimum atomic E-state index is -0.585. The Bertz CT molecular complexity index is 718. The molecule has 1 unspecified atom stereocenters. The number of hydrogen-bond donors (Lipinski definition) is 1. The second-order valence-electron chi connectivity index (χ2n) is 8.07. The number of methoxy groups -OCH3 is 1. The molecule has 0 aliphatic carbocycles. The molecule has 1 aliphatic rings. The van der Waals surface area contributed by atoms with Gasteiger partial charge in [-0.3, -0.25) is 9.59 Å². The van der Waals surface area contributed by atoms with Crippen molar-refractivity contribution in [3.05, 3.63) is 47.5 Å². The van der Waals surface area contributed by atoms with Gasteiger partial charge in [0, 0.05) is 32.9 Å². The predicted octanol–water partition coefficient (Wildman–Crippen LogP) is 3.80. The van der Waals surface area contributed by atoms with E-state index < -0.39 is 6.10 Å². The first kappa shape index (κ1) is 25.1. The van der Waals surface area contributed by atoms with Gasteiger partial charge in [0.2, 0.25) is 5.91 Å². The predicted molar refractivity (Wildman–Crippen MR) is 120 cm³/mol. The molecule has 1 aromatic carbocycles. The van der Waals surface area contributed by atoms with Crippen molar-refractivity contribution >= 4 is 11.9 Å². The Morgan fingerprint density at radius 2 is 2.03 bits per heavy atom. The third-order valence-electron chi connectivity index (χ3n) is 5.51. The van der Waals surface area contributed by atoms with Crippen molar-refractivity contribution in [2.45, 2.75) is 77.0 Å². The van der Waals surface area contributed by atoms with Gasteiger partial charge < -0.3 is 19.5 Å². The van der Waals surface area contributed by atoms with Gasteiger partial charge in [0.25, 0.3) is 0 Å². The lowest BCUT2D eigenvalue weighted by Gasteiger charge is -2.22. The molecule has 172 valence electrons. The lowest BCUT2D eigenvalue weighted by molar-refractivity contribution is -0.143. The van der Waals surface area contributed by atoms with Gasteiger partial charge in [-0.15, -0.1) is 0 Å². The van der Waals surface area contributed by atoms with Crippen molar-refractivity contribution in [1.29, 1.82) is 0 Å². The molecule has 0 aromatic heterocycles. The second-order valence-corrected chi connectivity index (χ2v) is 8.07. The van der Waals surface area contributed by atoms with Crippen LogP contribution in [0.4, 0.5) is 0 Å². The molecule has 2 rings (SSSR count). The summed E-state index contributed by atoms with van der Waals surface area (Å²) in [7, 11) is 1.67. The molecule has 0 spiro atoms. The van der Waals surface area contributed by atoms with Crippen molar-refractivity contribution in [2.75, 3.05) is 20.3 Å². The number of esters is 1. The lowest BCUT2D eigenvalue weighted by Crippen LogP contribution is -2.32. The quantitative estimate of drug-likeness (QED) is 0.275. The number of amides is 1. The monoisotopic (exact) mass is 431 g/mol. The summed E-state index contributed by atoms with van der Waals surface area (Å²) in [6.45, 7) is 3.53. The first-order valence-corrected chi connectivity index (χ1v) is 11.4. The third-order valence-corrected chi connectivity index (χ3v) is 5.51.